The van der Waals surface area contributed by atoms with Crippen LogP contribution in [0.5, 0.6) is 0 Å². The van der Waals surface area contributed by atoms with Gasteiger partial charge in [0.1, 0.15) is 26.4 Å². The lowest BCUT2D eigenvalue weighted by atomic mass is 10.1. The Bertz CT molecular complexity index is 1020. The Hall–Kier alpha value is -3.68. The molecule has 4 heterocycles. The first kappa shape index (κ1) is 20.2. The summed E-state index contributed by atoms with van der Waals surface area (Å²) in [5.74, 6) is 2.85. The maximum Gasteiger partial charge on any atom is 0.217 e. The zero-order valence-electron chi connectivity index (χ0n) is 17.7. The molecule has 0 fully saturated rings. The van der Waals surface area contributed by atoms with E-state index in [1.165, 1.54) is 0 Å². The zero-order chi connectivity index (χ0) is 21.6. The summed E-state index contributed by atoms with van der Waals surface area (Å²) in [6, 6.07) is 15.9. The van der Waals surface area contributed by atoms with Crippen molar-refractivity contribution in [3.8, 4) is 0 Å². The molecule has 0 atom stereocenters. The Kier molecular flexibility index (Phi) is 6.09. The second-order valence-corrected chi connectivity index (χ2v) is 7.27. The van der Waals surface area contributed by atoms with Crippen LogP contribution in [0, 0.1) is 0 Å². The number of ether oxygens (including phenoxy) is 4. The van der Waals surface area contributed by atoms with Crippen molar-refractivity contribution >= 4 is 23.6 Å². The van der Waals surface area contributed by atoms with Gasteiger partial charge in [-0.05, 0) is 30.3 Å². The molecule has 0 radical (unpaired) electrons. The molecule has 2 aromatic carbocycles. The molecule has 6 rings (SSSR count). The molecular weight excluding hydrogens is 408 g/mol. The smallest absolute Gasteiger partial charge is 0.217 e. The van der Waals surface area contributed by atoms with Gasteiger partial charge in [-0.1, -0.05) is 18.2 Å². The molecule has 0 unspecified atom stereocenters. The summed E-state index contributed by atoms with van der Waals surface area (Å²) >= 11 is 0. The van der Waals surface area contributed by atoms with Crippen LogP contribution in [-0.4, -0.2) is 76.2 Å². The molecule has 8 heteroatoms. The third kappa shape index (κ3) is 4.49. The van der Waals surface area contributed by atoms with E-state index < -0.39 is 0 Å². The number of hydrogen-bond donors (Lipinski definition) is 0. The summed E-state index contributed by atoms with van der Waals surface area (Å²) in [5.41, 5.74) is 3.93. The third-order valence-corrected chi connectivity index (χ3v) is 5.09. The molecule has 0 amide bonds. The van der Waals surface area contributed by atoms with Crippen LogP contribution in [0.4, 0.5) is 0 Å². The number of rotatable bonds is 4. The van der Waals surface area contributed by atoms with Gasteiger partial charge in [0.05, 0.1) is 26.2 Å². The topological polar surface area (TPSA) is 86.4 Å². The second kappa shape index (κ2) is 9.64. The van der Waals surface area contributed by atoms with Crippen LogP contribution in [0.3, 0.4) is 0 Å². The summed E-state index contributed by atoms with van der Waals surface area (Å²) in [5, 5.41) is 0. The molecule has 164 valence electrons. The second-order valence-electron chi connectivity index (χ2n) is 7.27. The minimum Gasteiger partial charge on any atom is -0.476 e. The van der Waals surface area contributed by atoms with Crippen molar-refractivity contribution in [2.24, 2.45) is 20.0 Å². The van der Waals surface area contributed by atoms with E-state index in [-0.39, 0.29) is 0 Å². The van der Waals surface area contributed by atoms with Gasteiger partial charge in [-0.2, -0.15) is 0 Å². The lowest BCUT2D eigenvalue weighted by Gasteiger charge is -2.08. The van der Waals surface area contributed by atoms with Gasteiger partial charge in [0.2, 0.25) is 23.6 Å². The maximum atomic E-state index is 5.48. The van der Waals surface area contributed by atoms with Gasteiger partial charge in [0.15, 0.2) is 0 Å². The van der Waals surface area contributed by atoms with Crippen LogP contribution in [-0.2, 0) is 18.9 Å². The predicted molar refractivity (Wildman–Crippen MR) is 122 cm³/mol. The molecule has 0 saturated carbocycles. The fraction of sp³-hybridized carbons (Fsp3) is 0.333. The number of benzene rings is 2. The molecule has 0 spiro atoms. The SMILES string of the molecule is c1cc(C2=NCCO2)cc(C2=NCCO2)c1.c1ccc(C2=NCCO2)c(C2=NCCO2)c1. The highest BCUT2D eigenvalue weighted by Gasteiger charge is 2.20. The van der Waals surface area contributed by atoms with Gasteiger partial charge in [0.25, 0.3) is 0 Å². The van der Waals surface area contributed by atoms with E-state index in [4.69, 9.17) is 18.9 Å². The molecule has 0 saturated heterocycles. The van der Waals surface area contributed by atoms with Gasteiger partial charge >= 0.3 is 0 Å². The van der Waals surface area contributed by atoms with Crippen molar-refractivity contribution < 1.29 is 18.9 Å². The van der Waals surface area contributed by atoms with Gasteiger partial charge < -0.3 is 18.9 Å². The minimum atomic E-state index is 0.664. The summed E-state index contributed by atoms with van der Waals surface area (Å²) < 4.78 is 21.8. The van der Waals surface area contributed by atoms with Crippen molar-refractivity contribution in [3.05, 3.63) is 70.8 Å². The van der Waals surface area contributed by atoms with E-state index in [0.717, 1.165) is 60.2 Å². The summed E-state index contributed by atoms with van der Waals surface area (Å²) in [6.07, 6.45) is 0. The number of nitrogens with zero attached hydrogens (tertiary/aromatic N) is 4. The number of hydrogen-bond acceptors (Lipinski definition) is 8. The van der Waals surface area contributed by atoms with E-state index >= 15 is 0 Å². The zero-order valence-corrected chi connectivity index (χ0v) is 17.7. The molecular formula is C24H24N4O4. The van der Waals surface area contributed by atoms with E-state index in [1.54, 1.807) is 0 Å². The van der Waals surface area contributed by atoms with Crippen molar-refractivity contribution in [2.45, 2.75) is 0 Å². The highest BCUT2D eigenvalue weighted by atomic mass is 16.5. The summed E-state index contributed by atoms with van der Waals surface area (Å²) in [6.45, 7) is 5.64. The Morgan fingerprint density at radius 2 is 0.875 bits per heavy atom. The Balaban J connectivity index is 0.000000135. The molecule has 0 aliphatic carbocycles. The quantitative estimate of drug-likeness (QED) is 0.743. The van der Waals surface area contributed by atoms with Gasteiger partial charge in [0, 0.05) is 22.3 Å². The van der Waals surface area contributed by atoms with Gasteiger partial charge in [-0.15, -0.1) is 0 Å². The average Bonchev–Trinajstić information content (AvgIpc) is 3.68. The van der Waals surface area contributed by atoms with Crippen molar-refractivity contribution in [1.29, 1.82) is 0 Å². The molecule has 2 aromatic rings. The van der Waals surface area contributed by atoms with Crippen molar-refractivity contribution in [3.63, 3.8) is 0 Å². The summed E-state index contributed by atoms with van der Waals surface area (Å²) in [4.78, 5) is 17.2. The fourth-order valence-corrected chi connectivity index (χ4v) is 3.66. The van der Waals surface area contributed by atoms with E-state index in [2.05, 4.69) is 20.0 Å². The lowest BCUT2D eigenvalue weighted by molar-refractivity contribution is 0.344. The predicted octanol–water partition coefficient (Wildman–Crippen LogP) is 2.48. The molecule has 0 N–H and O–H groups in total. The van der Waals surface area contributed by atoms with E-state index in [0.29, 0.717) is 38.2 Å². The van der Waals surface area contributed by atoms with Crippen LogP contribution >= 0.6 is 0 Å². The largest absolute Gasteiger partial charge is 0.476 e. The molecule has 4 aliphatic rings. The fourth-order valence-electron chi connectivity index (χ4n) is 3.66. The normalized spacial score (nSPS) is 18.8. The standard InChI is InChI=1S/2C12H12N2O2/c1-2-9(11-13-4-6-15-11)8-10(3-1)12-14-5-7-16-12;1-2-4-10(12-14-6-8-16-12)9(3-1)11-13-5-7-15-11/h1-3,8H,4-7H2;1-4H,5-8H2. The summed E-state index contributed by atoms with van der Waals surface area (Å²) in [7, 11) is 0. The highest BCUT2D eigenvalue weighted by Crippen LogP contribution is 2.17. The van der Waals surface area contributed by atoms with E-state index in [9.17, 15) is 0 Å². The van der Waals surface area contributed by atoms with Crippen LogP contribution in [0.15, 0.2) is 68.5 Å². The van der Waals surface area contributed by atoms with Crippen LogP contribution in [0.1, 0.15) is 22.3 Å². The Labute approximate surface area is 186 Å². The van der Waals surface area contributed by atoms with Crippen LogP contribution in [0.2, 0.25) is 0 Å². The first-order valence-corrected chi connectivity index (χ1v) is 10.8. The molecule has 32 heavy (non-hydrogen) atoms. The van der Waals surface area contributed by atoms with Gasteiger partial charge in [-0.3, -0.25) is 0 Å². The minimum absolute atomic E-state index is 0.664. The lowest BCUT2D eigenvalue weighted by Crippen LogP contribution is -2.11. The van der Waals surface area contributed by atoms with Crippen molar-refractivity contribution in [2.75, 3.05) is 52.6 Å². The third-order valence-electron chi connectivity index (χ3n) is 5.09. The average molecular weight is 432 g/mol. The Morgan fingerprint density at radius 1 is 0.469 bits per heavy atom. The first-order chi connectivity index (χ1) is 15.9. The number of aliphatic imine (C=N–C) groups is 4. The molecule has 0 bridgehead atoms. The highest BCUT2D eigenvalue weighted by molar-refractivity contribution is 6.07. The van der Waals surface area contributed by atoms with Crippen molar-refractivity contribution in [1.82, 2.24) is 0 Å². The molecule has 4 aliphatic heterocycles. The Morgan fingerprint density at radius 3 is 1.25 bits per heavy atom. The maximum absolute atomic E-state index is 5.48. The monoisotopic (exact) mass is 432 g/mol. The molecule has 8 nitrogen and oxygen atoms in total. The van der Waals surface area contributed by atoms with Crippen LogP contribution < -0.4 is 0 Å². The van der Waals surface area contributed by atoms with E-state index in [1.807, 2.05) is 48.5 Å². The first-order valence-electron chi connectivity index (χ1n) is 10.8. The van der Waals surface area contributed by atoms with Crippen LogP contribution in [0.25, 0.3) is 0 Å². The van der Waals surface area contributed by atoms with Gasteiger partial charge in [-0.25, -0.2) is 20.0 Å². The molecule has 0 aromatic heterocycles.